The number of rotatable bonds is 7. The minimum atomic E-state index is -3.75. The zero-order valence-corrected chi connectivity index (χ0v) is 17.4. The Bertz CT molecular complexity index is 715. The van der Waals surface area contributed by atoms with Crippen LogP contribution in [0.4, 0.5) is 0 Å². The molecule has 2 rings (SSSR count). The fourth-order valence-electron chi connectivity index (χ4n) is 3.14. The summed E-state index contributed by atoms with van der Waals surface area (Å²) in [5.41, 5.74) is 0. The molecular weight excluding hydrogens is 397 g/mol. The number of piperazine rings is 1. The summed E-state index contributed by atoms with van der Waals surface area (Å²) < 4.78 is 27.1. The van der Waals surface area contributed by atoms with Crippen LogP contribution in [0.15, 0.2) is 23.1 Å². The summed E-state index contributed by atoms with van der Waals surface area (Å²) in [6, 6.07) is 4.81. The number of carbonyl (C=O) groups excluding carboxylic acids is 1. The Hall–Kier alpha value is -0.860. The predicted molar refractivity (Wildman–Crippen MR) is 103 cm³/mol. The normalized spacial score (nSPS) is 17.8. The number of hydrogen-bond acceptors (Lipinski definition) is 3. The summed E-state index contributed by atoms with van der Waals surface area (Å²) >= 11 is 12.1. The number of carbonyl (C=O) groups is 1. The molecule has 1 saturated heterocycles. The van der Waals surface area contributed by atoms with Gasteiger partial charge in [-0.1, -0.05) is 42.6 Å². The SMILES string of the molecule is CCC[C@@H](C)NC(=O)C[NH+]1CCN(S(=O)(=O)c2c(Cl)cccc2Cl)CC1. The van der Waals surface area contributed by atoms with E-state index in [2.05, 4.69) is 12.2 Å². The van der Waals surface area contributed by atoms with Gasteiger partial charge in [0.15, 0.2) is 6.54 Å². The van der Waals surface area contributed by atoms with Gasteiger partial charge in [-0.15, -0.1) is 0 Å². The molecule has 1 aliphatic heterocycles. The van der Waals surface area contributed by atoms with Crippen molar-refractivity contribution in [3.05, 3.63) is 28.2 Å². The van der Waals surface area contributed by atoms with E-state index in [4.69, 9.17) is 23.2 Å². The maximum absolute atomic E-state index is 12.8. The zero-order valence-electron chi connectivity index (χ0n) is 15.1. The second-order valence-electron chi connectivity index (χ2n) is 6.64. The average molecular weight is 423 g/mol. The van der Waals surface area contributed by atoms with Gasteiger partial charge in [-0.05, 0) is 25.5 Å². The molecule has 0 spiro atoms. The van der Waals surface area contributed by atoms with Crippen molar-refractivity contribution in [3.8, 4) is 0 Å². The lowest BCUT2D eigenvalue weighted by atomic mass is 10.2. The number of hydrogen-bond donors (Lipinski definition) is 2. The lowest BCUT2D eigenvalue weighted by molar-refractivity contribution is -0.895. The molecule has 0 unspecified atom stereocenters. The van der Waals surface area contributed by atoms with Gasteiger partial charge >= 0.3 is 0 Å². The second-order valence-corrected chi connectivity index (χ2v) is 9.33. The molecule has 6 nitrogen and oxygen atoms in total. The van der Waals surface area contributed by atoms with Gasteiger partial charge in [0.1, 0.15) is 4.90 Å². The summed E-state index contributed by atoms with van der Waals surface area (Å²) in [5.74, 6) is 0.00593. The van der Waals surface area contributed by atoms with Crippen LogP contribution in [0.3, 0.4) is 0 Å². The minimum Gasteiger partial charge on any atom is -0.349 e. The zero-order chi connectivity index (χ0) is 19.3. The highest BCUT2D eigenvalue weighted by Crippen LogP contribution is 2.31. The summed E-state index contributed by atoms with van der Waals surface area (Å²) in [6.45, 7) is 6.23. The van der Waals surface area contributed by atoms with Crippen molar-refractivity contribution in [1.29, 1.82) is 0 Å². The van der Waals surface area contributed by atoms with E-state index in [-0.39, 0.29) is 26.9 Å². The van der Waals surface area contributed by atoms with E-state index in [1.54, 1.807) is 6.07 Å². The maximum Gasteiger partial charge on any atom is 0.275 e. The van der Waals surface area contributed by atoms with Gasteiger partial charge in [0.25, 0.3) is 5.91 Å². The third-order valence-corrected chi connectivity index (χ3v) is 7.34. The van der Waals surface area contributed by atoms with E-state index in [1.165, 1.54) is 16.4 Å². The number of halogens is 2. The van der Waals surface area contributed by atoms with E-state index in [1.807, 2.05) is 6.92 Å². The Morgan fingerprint density at radius 2 is 1.85 bits per heavy atom. The highest BCUT2D eigenvalue weighted by atomic mass is 35.5. The van der Waals surface area contributed by atoms with Crippen LogP contribution in [-0.4, -0.2) is 57.4 Å². The van der Waals surface area contributed by atoms with Crippen LogP contribution in [0.1, 0.15) is 26.7 Å². The monoisotopic (exact) mass is 422 g/mol. The number of quaternary nitrogens is 1. The first-order chi connectivity index (χ1) is 12.3. The van der Waals surface area contributed by atoms with E-state index >= 15 is 0 Å². The number of sulfonamides is 1. The Kier molecular flexibility index (Phi) is 7.73. The van der Waals surface area contributed by atoms with Gasteiger partial charge in [0.2, 0.25) is 10.0 Å². The molecular formula is C17H26Cl2N3O3S+. The van der Waals surface area contributed by atoms with Crippen molar-refractivity contribution < 1.29 is 18.1 Å². The molecule has 1 aromatic carbocycles. The highest BCUT2D eigenvalue weighted by molar-refractivity contribution is 7.89. The van der Waals surface area contributed by atoms with E-state index in [0.717, 1.165) is 17.7 Å². The van der Waals surface area contributed by atoms with E-state index in [9.17, 15) is 13.2 Å². The summed E-state index contributed by atoms with van der Waals surface area (Å²) in [4.78, 5) is 13.1. The van der Waals surface area contributed by atoms with Crippen molar-refractivity contribution in [2.24, 2.45) is 0 Å². The van der Waals surface area contributed by atoms with E-state index in [0.29, 0.717) is 32.7 Å². The van der Waals surface area contributed by atoms with Gasteiger partial charge in [0, 0.05) is 6.04 Å². The Morgan fingerprint density at radius 1 is 1.27 bits per heavy atom. The molecule has 2 N–H and O–H groups in total. The molecule has 0 aliphatic carbocycles. The van der Waals surface area contributed by atoms with Crippen LogP contribution in [0.2, 0.25) is 10.0 Å². The van der Waals surface area contributed by atoms with E-state index < -0.39 is 10.0 Å². The molecule has 1 amide bonds. The molecule has 9 heteroatoms. The maximum atomic E-state index is 12.8. The van der Waals surface area contributed by atoms with Crippen molar-refractivity contribution in [2.45, 2.75) is 37.6 Å². The van der Waals surface area contributed by atoms with Gasteiger partial charge in [0.05, 0.1) is 36.2 Å². The first-order valence-electron chi connectivity index (χ1n) is 8.82. The standard InChI is InChI=1S/C17H25Cl2N3O3S/c1-3-5-13(2)20-16(23)12-21-8-10-22(11-9-21)26(24,25)17-14(18)6-4-7-15(17)19/h4,6-7,13H,3,5,8-12H2,1-2H3,(H,20,23)/p+1/t13-/m1/s1. The molecule has 146 valence electrons. The van der Waals surface area contributed by atoms with Crippen LogP contribution >= 0.6 is 23.2 Å². The van der Waals surface area contributed by atoms with Crippen molar-refractivity contribution in [2.75, 3.05) is 32.7 Å². The predicted octanol–water partition coefficient (Wildman–Crippen LogP) is 1.19. The molecule has 0 saturated carbocycles. The summed E-state index contributed by atoms with van der Waals surface area (Å²) in [7, 11) is -3.75. The molecule has 1 fully saturated rings. The summed E-state index contributed by atoms with van der Waals surface area (Å²) in [6.07, 6.45) is 1.97. The molecule has 0 bridgehead atoms. The number of amides is 1. The van der Waals surface area contributed by atoms with Crippen LogP contribution in [0.5, 0.6) is 0 Å². The minimum absolute atomic E-state index is 0.00593. The Labute approximate surface area is 165 Å². The Balaban J connectivity index is 1.95. The highest BCUT2D eigenvalue weighted by Gasteiger charge is 2.33. The molecule has 0 radical (unpaired) electrons. The first-order valence-corrected chi connectivity index (χ1v) is 11.0. The van der Waals surface area contributed by atoms with Gasteiger partial charge in [-0.2, -0.15) is 4.31 Å². The lowest BCUT2D eigenvalue weighted by Crippen LogP contribution is -3.15. The number of nitrogens with one attached hydrogen (secondary N) is 2. The molecule has 1 atom stereocenters. The molecule has 0 aromatic heterocycles. The quantitative estimate of drug-likeness (QED) is 0.692. The largest absolute Gasteiger partial charge is 0.349 e. The van der Waals surface area contributed by atoms with Gasteiger partial charge in [-0.3, -0.25) is 4.79 Å². The fraction of sp³-hybridized carbons (Fsp3) is 0.588. The van der Waals surface area contributed by atoms with Crippen molar-refractivity contribution >= 4 is 39.1 Å². The van der Waals surface area contributed by atoms with Crippen LogP contribution in [0, 0.1) is 0 Å². The summed E-state index contributed by atoms with van der Waals surface area (Å²) in [5, 5.41) is 3.23. The molecule has 1 aliphatic rings. The average Bonchev–Trinajstić information content (AvgIpc) is 2.55. The Morgan fingerprint density at radius 3 is 2.38 bits per heavy atom. The molecule has 1 aromatic rings. The molecule has 26 heavy (non-hydrogen) atoms. The fourth-order valence-corrected chi connectivity index (χ4v) is 5.67. The van der Waals surface area contributed by atoms with Crippen molar-refractivity contribution in [1.82, 2.24) is 9.62 Å². The van der Waals surface area contributed by atoms with Gasteiger partial charge in [-0.25, -0.2) is 8.42 Å². The van der Waals surface area contributed by atoms with Crippen LogP contribution in [-0.2, 0) is 14.8 Å². The second kappa shape index (κ2) is 9.37. The topological polar surface area (TPSA) is 70.9 Å². The van der Waals surface area contributed by atoms with Gasteiger partial charge < -0.3 is 10.2 Å². The number of benzene rings is 1. The smallest absolute Gasteiger partial charge is 0.275 e. The van der Waals surface area contributed by atoms with Crippen LogP contribution in [0.25, 0.3) is 0 Å². The van der Waals surface area contributed by atoms with Crippen molar-refractivity contribution in [3.63, 3.8) is 0 Å². The van der Waals surface area contributed by atoms with Crippen LogP contribution < -0.4 is 10.2 Å². The molecule has 1 heterocycles. The first kappa shape index (κ1) is 21.4. The lowest BCUT2D eigenvalue weighted by Gasteiger charge is -2.31. The third kappa shape index (κ3) is 5.33. The number of nitrogens with zero attached hydrogens (tertiary/aromatic N) is 1. The third-order valence-electron chi connectivity index (χ3n) is 4.49.